The molecule has 0 bridgehead atoms. The second kappa shape index (κ2) is 6.73. The maximum atomic E-state index is 12.4. The minimum Gasteiger partial charge on any atom is -0.746 e. The van der Waals surface area contributed by atoms with Crippen molar-refractivity contribution in [1.82, 2.24) is 0 Å². The number of hydrogen-bond donors (Lipinski definition) is 0. The summed E-state index contributed by atoms with van der Waals surface area (Å²) in [6, 6.07) is 0. The van der Waals surface area contributed by atoms with E-state index < -0.39 is 40.6 Å². The second-order valence-corrected chi connectivity index (χ2v) is 3.95. The smallest absolute Gasteiger partial charge is 0.746 e. The molecule has 0 amide bonds. The van der Waals surface area contributed by atoms with Gasteiger partial charge in [-0.15, -0.1) is 0 Å². The number of rotatable bonds is 5. The Morgan fingerprint density at radius 2 is 1.19 bits per heavy atom. The van der Waals surface area contributed by atoms with Crippen LogP contribution in [0.3, 0.4) is 0 Å². The average Bonchev–Trinajstić information content (AvgIpc) is 2.11. The first-order valence-corrected chi connectivity index (χ1v) is 4.85. The molecule has 0 aromatic carbocycles. The third-order valence-corrected chi connectivity index (χ3v) is 2.19. The van der Waals surface area contributed by atoms with Crippen molar-refractivity contribution >= 4 is 10.1 Å². The van der Waals surface area contributed by atoms with E-state index in [1.165, 1.54) is 0 Å². The molecule has 0 aliphatic heterocycles. The van der Waals surface area contributed by atoms with Crippen LogP contribution in [0.1, 0.15) is 0 Å². The third kappa shape index (κ3) is 4.95. The molecule has 16 heavy (non-hydrogen) atoms. The Labute approximate surface area is 99.1 Å². The van der Waals surface area contributed by atoms with Crippen molar-refractivity contribution in [3.63, 3.8) is 0 Å². The Balaban J connectivity index is 0. The summed E-state index contributed by atoms with van der Waals surface area (Å²) in [5.41, 5.74) is -3.91. The Morgan fingerprint density at radius 3 is 1.44 bits per heavy atom. The van der Waals surface area contributed by atoms with Crippen LogP contribution in [-0.4, -0.2) is 43.4 Å². The van der Waals surface area contributed by atoms with Gasteiger partial charge in [0.05, 0.1) is 0 Å². The van der Waals surface area contributed by atoms with E-state index in [2.05, 4.69) is 0 Å². The fourth-order valence-electron chi connectivity index (χ4n) is 0.618. The zero-order chi connectivity index (χ0) is 12.4. The number of alkyl halides is 6. The molecule has 0 radical (unpaired) electrons. The number of hydrogen-bond acceptors (Lipinski definition) is 3. The molecule has 11 heteroatoms. The molecule has 0 heterocycles. The van der Waals surface area contributed by atoms with Gasteiger partial charge in [0.25, 0.3) is 6.43 Å². The first kappa shape index (κ1) is 18.5. The summed E-state index contributed by atoms with van der Waals surface area (Å²) in [5.74, 6) is 0. The van der Waals surface area contributed by atoms with E-state index in [1.54, 1.807) is 0 Å². The summed E-state index contributed by atoms with van der Waals surface area (Å²) in [7, 11) is -5.85. The molecule has 0 fully saturated rings. The van der Waals surface area contributed by atoms with E-state index in [0.717, 1.165) is 0 Å². The summed E-state index contributed by atoms with van der Waals surface area (Å²) >= 11 is 0. The Bertz CT molecular complexity index is 299. The summed E-state index contributed by atoms with van der Waals surface area (Å²) < 4.78 is 101. The van der Waals surface area contributed by atoms with Crippen LogP contribution in [0.15, 0.2) is 0 Å². The van der Waals surface area contributed by atoms with Crippen LogP contribution in [-0.2, 0) is 10.1 Å². The van der Waals surface area contributed by atoms with Gasteiger partial charge in [-0.2, -0.15) is 0 Å². The van der Waals surface area contributed by atoms with Crippen LogP contribution in [0, 0.1) is 0 Å². The van der Waals surface area contributed by atoms with E-state index in [0.29, 0.717) is 0 Å². The molecule has 3 nitrogen and oxygen atoms in total. The molecule has 0 N–H and O–H groups in total. The van der Waals surface area contributed by atoms with Gasteiger partial charge >= 0.3 is 18.9 Å². The van der Waals surface area contributed by atoms with Crippen molar-refractivity contribution in [2.75, 3.05) is 0 Å². The summed E-state index contributed by atoms with van der Waals surface area (Å²) in [6.07, 6.45) is -15.1. The van der Waals surface area contributed by atoms with Crippen molar-refractivity contribution in [2.45, 2.75) is 30.4 Å². The zero-order valence-corrected chi connectivity index (χ0v) is 8.60. The van der Waals surface area contributed by atoms with Crippen molar-refractivity contribution in [3.05, 3.63) is 0 Å². The van der Waals surface area contributed by atoms with E-state index in [-0.39, 0.29) is 18.9 Å². The monoisotopic (exact) mass is 266 g/mol. The standard InChI is InChI=1S/C5H6F6O3S.Li/c6-1(2(7)4(9)10)3(8)5(11)15(12,13)14;/h1-5H,(H,12,13,14);/q;+1/p-1. The van der Waals surface area contributed by atoms with Gasteiger partial charge in [0, 0.05) is 0 Å². The molecule has 0 saturated carbocycles. The van der Waals surface area contributed by atoms with Gasteiger partial charge in [0.2, 0.25) is 5.50 Å². The first-order chi connectivity index (χ1) is 6.59. The van der Waals surface area contributed by atoms with E-state index in [4.69, 9.17) is 0 Å². The van der Waals surface area contributed by atoms with Crippen molar-refractivity contribution in [3.8, 4) is 0 Å². The molecule has 0 saturated heterocycles. The SMILES string of the molecule is O=S(=O)([O-])C(F)C(F)C(F)C(F)C(F)F.[Li+]. The molecule has 0 aliphatic carbocycles. The van der Waals surface area contributed by atoms with Gasteiger partial charge in [0.1, 0.15) is 10.1 Å². The van der Waals surface area contributed by atoms with Crippen molar-refractivity contribution in [2.24, 2.45) is 0 Å². The molecular weight excluding hydrogens is 261 g/mol. The zero-order valence-electron chi connectivity index (χ0n) is 7.79. The third-order valence-electron chi connectivity index (χ3n) is 1.38. The average molecular weight is 266 g/mol. The van der Waals surface area contributed by atoms with Crippen molar-refractivity contribution < 1.29 is 58.2 Å². The maximum absolute atomic E-state index is 12.4. The predicted molar refractivity (Wildman–Crippen MR) is 35.3 cm³/mol. The Kier molecular flexibility index (Phi) is 7.77. The van der Waals surface area contributed by atoms with Crippen LogP contribution < -0.4 is 18.9 Å². The van der Waals surface area contributed by atoms with Gasteiger partial charge < -0.3 is 4.55 Å². The molecular formula is C5H5F6LiO3S. The quantitative estimate of drug-likeness (QED) is 0.332. The van der Waals surface area contributed by atoms with E-state index in [1.807, 2.05) is 0 Å². The molecule has 0 aromatic heterocycles. The normalized spacial score (nSPS) is 19.8. The fourth-order valence-corrected chi connectivity index (χ4v) is 1.09. The van der Waals surface area contributed by atoms with Crippen LogP contribution in [0.5, 0.6) is 0 Å². The molecule has 0 spiro atoms. The number of halogens is 6. The van der Waals surface area contributed by atoms with Crippen LogP contribution in [0.4, 0.5) is 26.3 Å². The van der Waals surface area contributed by atoms with Crippen LogP contribution >= 0.6 is 0 Å². The minimum absolute atomic E-state index is 0. The molecule has 4 atom stereocenters. The maximum Gasteiger partial charge on any atom is 1.00 e. The Hall–Kier alpha value is 0.0874. The Morgan fingerprint density at radius 1 is 0.812 bits per heavy atom. The first-order valence-electron chi connectivity index (χ1n) is 3.38. The van der Waals surface area contributed by atoms with Crippen molar-refractivity contribution in [1.29, 1.82) is 0 Å². The van der Waals surface area contributed by atoms with Crippen LogP contribution in [0.25, 0.3) is 0 Å². The second-order valence-electron chi connectivity index (χ2n) is 2.51. The predicted octanol–water partition coefficient (Wildman–Crippen LogP) is -1.89. The fraction of sp³-hybridized carbons (Fsp3) is 1.00. The molecule has 4 unspecified atom stereocenters. The molecule has 0 aliphatic rings. The summed E-state index contributed by atoms with van der Waals surface area (Å²) in [5, 5.41) is 0. The molecule has 0 aromatic rings. The van der Waals surface area contributed by atoms with Gasteiger partial charge in [-0.3, -0.25) is 0 Å². The van der Waals surface area contributed by atoms with Gasteiger partial charge in [-0.1, -0.05) is 0 Å². The topological polar surface area (TPSA) is 57.2 Å². The summed E-state index contributed by atoms with van der Waals surface area (Å²) in [6.45, 7) is 0. The largest absolute Gasteiger partial charge is 1.00 e. The molecule has 92 valence electrons. The minimum atomic E-state index is -5.85. The van der Waals surface area contributed by atoms with E-state index >= 15 is 0 Å². The molecule has 0 rings (SSSR count). The summed E-state index contributed by atoms with van der Waals surface area (Å²) in [4.78, 5) is 0. The van der Waals surface area contributed by atoms with Gasteiger partial charge in [-0.25, -0.2) is 34.8 Å². The van der Waals surface area contributed by atoms with E-state index in [9.17, 15) is 39.3 Å². The van der Waals surface area contributed by atoms with Gasteiger partial charge in [-0.05, 0) is 0 Å². The van der Waals surface area contributed by atoms with Gasteiger partial charge in [0.15, 0.2) is 18.5 Å². The van der Waals surface area contributed by atoms with Crippen LogP contribution in [0.2, 0.25) is 0 Å².